The van der Waals surface area contributed by atoms with E-state index < -0.39 is 0 Å². The van der Waals surface area contributed by atoms with Gasteiger partial charge in [-0.3, -0.25) is 0 Å². The van der Waals surface area contributed by atoms with Gasteiger partial charge in [-0.05, 0) is 59.7 Å². The average Bonchev–Trinajstić information content (AvgIpc) is 4.02. The molecule has 1 atom stereocenters. The Bertz CT molecular complexity index is 3820. The average molecular weight is 824 g/mol. The van der Waals surface area contributed by atoms with Crippen LogP contribution in [0.4, 0.5) is 0 Å². The number of para-hydroxylation sites is 3. The normalized spacial score (nSPS) is 14.2. The lowest BCUT2D eigenvalue weighted by Crippen LogP contribution is -2.11. The smallest absolute Gasteiger partial charge is 0.164 e. The minimum absolute atomic E-state index is 0.104. The SMILES string of the molecule is C1=CC(c2nc(-c3ccccc3)nc(-c3cccc4sc5ccc(-c6ccccc6)cc5c34)n2)CC(n2c3ccccc3c3ccc4c5ccccc5n(-c5ccccc5)c4c32)=C1. The van der Waals surface area contributed by atoms with Gasteiger partial charge in [0.25, 0.3) is 0 Å². The first-order valence-electron chi connectivity index (χ1n) is 21.5. The highest BCUT2D eigenvalue weighted by Crippen LogP contribution is 2.45. The van der Waals surface area contributed by atoms with Crippen molar-refractivity contribution in [2.24, 2.45) is 0 Å². The zero-order valence-corrected chi connectivity index (χ0v) is 34.9. The molecule has 6 heteroatoms. The maximum Gasteiger partial charge on any atom is 0.164 e. The van der Waals surface area contributed by atoms with Crippen molar-refractivity contribution in [2.75, 3.05) is 0 Å². The van der Waals surface area contributed by atoms with Crippen molar-refractivity contribution in [3.05, 3.63) is 212 Å². The molecule has 0 N–H and O–H groups in total. The molecule has 0 saturated carbocycles. The Hall–Kier alpha value is -7.93. The molecule has 0 spiro atoms. The van der Waals surface area contributed by atoms with Crippen molar-refractivity contribution in [3.8, 4) is 39.6 Å². The van der Waals surface area contributed by atoms with E-state index in [-0.39, 0.29) is 5.92 Å². The van der Waals surface area contributed by atoms with Crippen LogP contribution in [0.15, 0.2) is 206 Å². The second kappa shape index (κ2) is 14.3. The van der Waals surface area contributed by atoms with Gasteiger partial charge >= 0.3 is 0 Å². The van der Waals surface area contributed by atoms with Gasteiger partial charge in [0.15, 0.2) is 11.6 Å². The summed E-state index contributed by atoms with van der Waals surface area (Å²) in [5.41, 5.74) is 11.5. The maximum absolute atomic E-state index is 5.43. The molecule has 1 aliphatic rings. The third kappa shape index (κ3) is 5.72. The van der Waals surface area contributed by atoms with Gasteiger partial charge in [-0.25, -0.2) is 15.0 Å². The van der Waals surface area contributed by atoms with Gasteiger partial charge in [0.05, 0.1) is 22.1 Å². The molecule has 1 aliphatic carbocycles. The molecule has 0 fully saturated rings. The number of benzene rings is 8. The summed E-state index contributed by atoms with van der Waals surface area (Å²) in [4.78, 5) is 16.0. The van der Waals surface area contributed by atoms with Crippen LogP contribution in [0.5, 0.6) is 0 Å². The summed E-state index contributed by atoms with van der Waals surface area (Å²) in [7, 11) is 0. The highest BCUT2D eigenvalue weighted by molar-refractivity contribution is 7.26. The lowest BCUT2D eigenvalue weighted by Gasteiger charge is -2.21. The number of nitrogens with zero attached hydrogens (tertiary/aromatic N) is 5. The largest absolute Gasteiger partial charge is 0.311 e. The van der Waals surface area contributed by atoms with E-state index in [4.69, 9.17) is 15.0 Å². The Kier molecular flexibility index (Phi) is 8.14. The van der Waals surface area contributed by atoms with Crippen molar-refractivity contribution < 1.29 is 0 Å². The van der Waals surface area contributed by atoms with E-state index in [2.05, 4.69) is 209 Å². The summed E-state index contributed by atoms with van der Waals surface area (Å²) >= 11 is 1.81. The Labute approximate surface area is 367 Å². The van der Waals surface area contributed by atoms with Crippen LogP contribution in [0.2, 0.25) is 0 Å². The molecule has 63 heavy (non-hydrogen) atoms. The highest BCUT2D eigenvalue weighted by Gasteiger charge is 2.26. The standard InChI is InChI=1S/C57H37N5S/c1-4-16-36(17-5-1)38-30-33-50-47(35-38)52-46(26-15-29-51(52)63-50)57-59-55(37-18-6-2-7-19-37)58-56(60-57)39-20-14-23-41(34-39)62-49-28-13-11-25-43(49)45-32-31-44-42-24-10-12-27-48(42)61(53(44)54(45)62)40-21-8-3-9-22-40/h1-33,35,39H,34H2. The molecule has 12 aromatic rings. The molecular weight excluding hydrogens is 787 g/mol. The van der Waals surface area contributed by atoms with Crippen LogP contribution < -0.4 is 0 Å². The number of aromatic nitrogens is 5. The summed E-state index contributed by atoms with van der Waals surface area (Å²) < 4.78 is 7.40. The van der Waals surface area contributed by atoms with Gasteiger partial charge < -0.3 is 9.13 Å². The summed E-state index contributed by atoms with van der Waals surface area (Å²) in [5.74, 6) is 2.01. The van der Waals surface area contributed by atoms with Gasteiger partial charge in [-0.2, -0.15) is 0 Å². The van der Waals surface area contributed by atoms with E-state index in [1.165, 1.54) is 80.6 Å². The molecular formula is C57H37N5S. The zero-order valence-electron chi connectivity index (χ0n) is 34.1. The van der Waals surface area contributed by atoms with E-state index in [9.17, 15) is 0 Å². The van der Waals surface area contributed by atoms with Crippen LogP contribution in [0, 0.1) is 0 Å². The third-order valence-electron chi connectivity index (χ3n) is 12.7. The minimum atomic E-state index is -0.104. The summed E-state index contributed by atoms with van der Waals surface area (Å²) in [6, 6.07) is 67.2. The fourth-order valence-electron chi connectivity index (χ4n) is 9.87. The van der Waals surface area contributed by atoms with Crippen molar-refractivity contribution in [1.82, 2.24) is 24.1 Å². The predicted octanol–water partition coefficient (Wildman–Crippen LogP) is 15.0. The first-order valence-corrected chi connectivity index (χ1v) is 22.3. The molecule has 0 radical (unpaired) electrons. The number of hydrogen-bond donors (Lipinski definition) is 0. The quantitative estimate of drug-likeness (QED) is 0.168. The van der Waals surface area contributed by atoms with Crippen molar-refractivity contribution >= 4 is 80.8 Å². The van der Waals surface area contributed by atoms with Crippen molar-refractivity contribution in [3.63, 3.8) is 0 Å². The van der Waals surface area contributed by atoms with Crippen LogP contribution in [0.25, 0.3) is 109 Å². The molecule has 8 aromatic carbocycles. The first kappa shape index (κ1) is 35.8. The Morgan fingerprint density at radius 3 is 1.84 bits per heavy atom. The molecule has 5 nitrogen and oxygen atoms in total. The van der Waals surface area contributed by atoms with Crippen LogP contribution in [-0.4, -0.2) is 24.1 Å². The van der Waals surface area contributed by atoms with E-state index in [0.717, 1.165) is 22.6 Å². The number of fused-ring (bicyclic) bond motifs is 10. The predicted molar refractivity (Wildman–Crippen MR) is 264 cm³/mol. The summed E-state index contributed by atoms with van der Waals surface area (Å²) in [5, 5.41) is 7.31. The van der Waals surface area contributed by atoms with Crippen LogP contribution in [0.3, 0.4) is 0 Å². The second-order valence-electron chi connectivity index (χ2n) is 16.3. The van der Waals surface area contributed by atoms with Gasteiger partial charge in [0.1, 0.15) is 5.82 Å². The molecule has 13 rings (SSSR count). The molecule has 1 unspecified atom stereocenters. The summed E-state index contributed by atoms with van der Waals surface area (Å²) in [6.45, 7) is 0. The van der Waals surface area contributed by atoms with E-state index >= 15 is 0 Å². The van der Waals surface area contributed by atoms with Gasteiger partial charge in [-0.1, -0.05) is 158 Å². The maximum atomic E-state index is 5.43. The van der Waals surface area contributed by atoms with Gasteiger partial charge in [-0.15, -0.1) is 11.3 Å². The molecule has 0 bridgehead atoms. The number of thiophene rings is 1. The van der Waals surface area contributed by atoms with Crippen LogP contribution >= 0.6 is 11.3 Å². The second-order valence-corrected chi connectivity index (χ2v) is 17.4. The van der Waals surface area contributed by atoms with E-state index in [0.29, 0.717) is 18.1 Å². The lowest BCUT2D eigenvalue weighted by molar-refractivity contribution is 0.758. The monoisotopic (exact) mass is 823 g/mol. The van der Waals surface area contributed by atoms with Crippen LogP contribution in [0.1, 0.15) is 18.2 Å². The third-order valence-corrected chi connectivity index (χ3v) is 13.8. The Morgan fingerprint density at radius 1 is 0.460 bits per heavy atom. The van der Waals surface area contributed by atoms with Crippen molar-refractivity contribution in [1.29, 1.82) is 0 Å². The molecule has 0 saturated heterocycles. The zero-order chi connectivity index (χ0) is 41.4. The number of rotatable bonds is 6. The van der Waals surface area contributed by atoms with Gasteiger partial charge in [0.2, 0.25) is 0 Å². The highest BCUT2D eigenvalue weighted by atomic mass is 32.1. The number of allylic oxidation sites excluding steroid dienone is 4. The van der Waals surface area contributed by atoms with Crippen molar-refractivity contribution in [2.45, 2.75) is 12.3 Å². The van der Waals surface area contributed by atoms with Crippen LogP contribution in [-0.2, 0) is 0 Å². The molecule has 0 amide bonds. The fraction of sp³-hybridized carbons (Fsp3) is 0.0351. The lowest BCUT2D eigenvalue weighted by atomic mass is 9.96. The topological polar surface area (TPSA) is 48.5 Å². The molecule has 0 aliphatic heterocycles. The molecule has 4 aromatic heterocycles. The van der Waals surface area contributed by atoms with Gasteiger partial charge in [0, 0.05) is 76.6 Å². The summed E-state index contributed by atoms with van der Waals surface area (Å²) in [6.07, 6.45) is 7.44. The van der Waals surface area contributed by atoms with E-state index in [1.54, 1.807) is 0 Å². The molecule has 4 heterocycles. The fourth-order valence-corrected chi connectivity index (χ4v) is 11.0. The molecule has 296 valence electrons. The van der Waals surface area contributed by atoms with E-state index in [1.807, 2.05) is 17.4 Å². The Morgan fingerprint density at radius 2 is 1.10 bits per heavy atom. The number of hydrogen-bond acceptors (Lipinski definition) is 4. The Balaban J connectivity index is 1.00. The first-order chi connectivity index (χ1) is 31.2. The minimum Gasteiger partial charge on any atom is -0.311 e.